The number of benzene rings is 1. The van der Waals surface area contributed by atoms with Crippen molar-refractivity contribution in [1.82, 2.24) is 15.3 Å². The predicted octanol–water partition coefficient (Wildman–Crippen LogP) is 2.58. The Bertz CT molecular complexity index is 572. The maximum atomic E-state index is 11.5. The number of nitrogens with one attached hydrogen (secondary N) is 2. The molecule has 2 N–H and O–H groups in total. The summed E-state index contributed by atoms with van der Waals surface area (Å²) in [6.45, 7) is 6.73. The molecular weight excluding hydrogens is 238 g/mol. The minimum atomic E-state index is 0.133. The van der Waals surface area contributed by atoms with Crippen LogP contribution in [0.3, 0.4) is 0 Å². The fourth-order valence-corrected chi connectivity index (χ4v) is 2.13. The van der Waals surface area contributed by atoms with Crippen LogP contribution in [0.2, 0.25) is 0 Å². The Labute approximate surface area is 113 Å². The number of carbonyl (C=O) groups excluding carboxylic acids is 1. The molecule has 2 rings (SSSR count). The van der Waals surface area contributed by atoms with Gasteiger partial charge in [-0.15, -0.1) is 0 Å². The fraction of sp³-hybridized carbons (Fsp3) is 0.467. The molecule has 0 radical (unpaired) electrons. The van der Waals surface area contributed by atoms with Gasteiger partial charge in [0.25, 0.3) is 0 Å². The summed E-state index contributed by atoms with van der Waals surface area (Å²) in [4.78, 5) is 19.1. The van der Waals surface area contributed by atoms with Crippen molar-refractivity contribution in [2.45, 2.75) is 33.6 Å². The number of aromatic amines is 1. The highest BCUT2D eigenvalue weighted by atomic mass is 16.1. The van der Waals surface area contributed by atoms with Gasteiger partial charge in [-0.3, -0.25) is 4.79 Å². The summed E-state index contributed by atoms with van der Waals surface area (Å²) in [6.07, 6.45) is 1.44. The quantitative estimate of drug-likeness (QED) is 0.867. The van der Waals surface area contributed by atoms with Gasteiger partial charge in [-0.25, -0.2) is 4.98 Å². The molecule has 0 aliphatic carbocycles. The van der Waals surface area contributed by atoms with Crippen LogP contribution in [0.5, 0.6) is 0 Å². The number of aryl methyl sites for hydroxylation is 1. The minimum Gasteiger partial charge on any atom is -0.356 e. The van der Waals surface area contributed by atoms with Gasteiger partial charge in [0.2, 0.25) is 5.91 Å². The van der Waals surface area contributed by atoms with Crippen molar-refractivity contribution in [2.24, 2.45) is 5.92 Å². The number of hydrogen-bond acceptors (Lipinski definition) is 2. The lowest BCUT2D eigenvalue weighted by atomic mass is 10.1. The Hall–Kier alpha value is -1.84. The maximum Gasteiger partial charge on any atom is 0.220 e. The number of amides is 1. The number of imidazole rings is 1. The van der Waals surface area contributed by atoms with Crippen LogP contribution in [-0.2, 0) is 11.2 Å². The molecule has 0 atom stereocenters. The van der Waals surface area contributed by atoms with Gasteiger partial charge in [0.05, 0.1) is 11.0 Å². The van der Waals surface area contributed by atoms with Gasteiger partial charge < -0.3 is 10.3 Å². The van der Waals surface area contributed by atoms with Crippen LogP contribution in [-0.4, -0.2) is 22.4 Å². The lowest BCUT2D eigenvalue weighted by molar-refractivity contribution is -0.121. The Kier molecular flexibility index (Phi) is 4.20. The summed E-state index contributed by atoms with van der Waals surface area (Å²) in [5, 5.41) is 2.95. The van der Waals surface area contributed by atoms with Crippen LogP contribution >= 0.6 is 0 Å². The van der Waals surface area contributed by atoms with E-state index in [-0.39, 0.29) is 5.91 Å². The van der Waals surface area contributed by atoms with Crippen LogP contribution in [0.25, 0.3) is 11.0 Å². The Morgan fingerprint density at radius 3 is 2.95 bits per heavy atom. The van der Waals surface area contributed by atoms with Gasteiger partial charge in [-0.1, -0.05) is 19.9 Å². The second-order valence-electron chi connectivity index (χ2n) is 5.37. The number of hydrogen-bond donors (Lipinski definition) is 2. The Morgan fingerprint density at radius 2 is 2.21 bits per heavy atom. The van der Waals surface area contributed by atoms with Gasteiger partial charge in [-0.05, 0) is 37.0 Å². The normalized spacial score (nSPS) is 11.2. The van der Waals surface area contributed by atoms with Gasteiger partial charge >= 0.3 is 0 Å². The van der Waals surface area contributed by atoms with E-state index in [1.807, 2.05) is 26.8 Å². The molecule has 1 aromatic heterocycles. The highest BCUT2D eigenvalue weighted by Gasteiger charge is 2.04. The van der Waals surface area contributed by atoms with Gasteiger partial charge in [-0.2, -0.15) is 0 Å². The van der Waals surface area contributed by atoms with Crippen molar-refractivity contribution < 1.29 is 4.79 Å². The second kappa shape index (κ2) is 5.87. The molecule has 19 heavy (non-hydrogen) atoms. The zero-order valence-electron chi connectivity index (χ0n) is 11.8. The van der Waals surface area contributed by atoms with Gasteiger partial charge in [0.1, 0.15) is 5.82 Å². The van der Waals surface area contributed by atoms with E-state index < -0.39 is 0 Å². The highest BCUT2D eigenvalue weighted by Crippen LogP contribution is 2.13. The molecule has 0 fully saturated rings. The molecule has 0 spiro atoms. The van der Waals surface area contributed by atoms with Crippen molar-refractivity contribution in [3.8, 4) is 0 Å². The van der Waals surface area contributed by atoms with E-state index in [2.05, 4.69) is 27.4 Å². The molecular formula is C15H21N3O. The molecule has 0 aliphatic heterocycles. The molecule has 0 bridgehead atoms. The third kappa shape index (κ3) is 3.81. The van der Waals surface area contributed by atoms with Crippen molar-refractivity contribution in [1.29, 1.82) is 0 Å². The molecule has 4 heteroatoms. The number of fused-ring (bicyclic) bond motifs is 1. The van der Waals surface area contributed by atoms with Crippen LogP contribution in [0.15, 0.2) is 18.2 Å². The SMILES string of the molecule is Cc1nc2ccc(CCNC(=O)CC(C)C)cc2[nH]1. The number of nitrogens with zero attached hydrogens (tertiary/aromatic N) is 1. The lowest BCUT2D eigenvalue weighted by Gasteiger charge is -2.07. The molecule has 4 nitrogen and oxygen atoms in total. The van der Waals surface area contributed by atoms with E-state index in [9.17, 15) is 4.79 Å². The average Bonchev–Trinajstić information content (AvgIpc) is 2.67. The first kappa shape index (κ1) is 13.6. The zero-order valence-corrected chi connectivity index (χ0v) is 11.8. The van der Waals surface area contributed by atoms with E-state index in [1.165, 1.54) is 5.56 Å². The molecule has 0 unspecified atom stereocenters. The summed E-state index contributed by atoms with van der Waals surface area (Å²) in [7, 11) is 0. The molecule has 1 amide bonds. The van der Waals surface area contributed by atoms with E-state index >= 15 is 0 Å². The summed E-state index contributed by atoms with van der Waals surface area (Å²) in [5.41, 5.74) is 3.26. The van der Waals surface area contributed by atoms with Crippen LogP contribution in [0.1, 0.15) is 31.7 Å². The van der Waals surface area contributed by atoms with E-state index in [1.54, 1.807) is 0 Å². The summed E-state index contributed by atoms with van der Waals surface area (Å²) in [5.74, 6) is 1.47. The second-order valence-corrected chi connectivity index (χ2v) is 5.37. The average molecular weight is 259 g/mol. The maximum absolute atomic E-state index is 11.5. The fourth-order valence-electron chi connectivity index (χ4n) is 2.13. The smallest absolute Gasteiger partial charge is 0.220 e. The van der Waals surface area contributed by atoms with Crippen LogP contribution in [0.4, 0.5) is 0 Å². The molecule has 1 heterocycles. The van der Waals surface area contributed by atoms with Gasteiger partial charge in [0, 0.05) is 13.0 Å². The summed E-state index contributed by atoms with van der Waals surface area (Å²) in [6, 6.07) is 6.19. The van der Waals surface area contributed by atoms with Crippen molar-refractivity contribution in [3.63, 3.8) is 0 Å². The first-order valence-corrected chi connectivity index (χ1v) is 6.76. The molecule has 2 aromatic rings. The minimum absolute atomic E-state index is 0.133. The molecule has 0 aliphatic rings. The number of carbonyl (C=O) groups is 1. The first-order valence-electron chi connectivity index (χ1n) is 6.76. The van der Waals surface area contributed by atoms with E-state index in [0.717, 1.165) is 23.3 Å². The molecule has 0 saturated carbocycles. The van der Waals surface area contributed by atoms with Gasteiger partial charge in [0.15, 0.2) is 0 Å². The zero-order chi connectivity index (χ0) is 13.8. The van der Waals surface area contributed by atoms with Crippen LogP contribution in [0, 0.1) is 12.8 Å². The third-order valence-electron chi connectivity index (χ3n) is 2.99. The van der Waals surface area contributed by atoms with E-state index in [4.69, 9.17) is 0 Å². The van der Waals surface area contributed by atoms with Crippen molar-refractivity contribution in [2.75, 3.05) is 6.54 Å². The summed E-state index contributed by atoms with van der Waals surface area (Å²) >= 11 is 0. The van der Waals surface area contributed by atoms with E-state index in [0.29, 0.717) is 18.9 Å². The first-order chi connectivity index (χ1) is 9.04. The third-order valence-corrected chi connectivity index (χ3v) is 2.99. The number of rotatable bonds is 5. The number of aromatic nitrogens is 2. The summed E-state index contributed by atoms with van der Waals surface area (Å²) < 4.78 is 0. The molecule has 1 aromatic carbocycles. The Balaban J connectivity index is 1.89. The molecule has 102 valence electrons. The highest BCUT2D eigenvalue weighted by molar-refractivity contribution is 5.76. The monoisotopic (exact) mass is 259 g/mol. The predicted molar refractivity (Wildman–Crippen MR) is 77.0 cm³/mol. The molecule has 0 saturated heterocycles. The standard InChI is InChI=1S/C15H21N3O/c1-10(2)8-15(19)16-7-6-12-4-5-13-14(9-12)18-11(3)17-13/h4-5,9-10H,6-8H2,1-3H3,(H,16,19)(H,17,18). The van der Waals surface area contributed by atoms with Crippen molar-refractivity contribution >= 4 is 16.9 Å². The van der Waals surface area contributed by atoms with Crippen LogP contribution < -0.4 is 5.32 Å². The Morgan fingerprint density at radius 1 is 1.42 bits per heavy atom. The number of H-pyrrole nitrogens is 1. The lowest BCUT2D eigenvalue weighted by Crippen LogP contribution is -2.26. The van der Waals surface area contributed by atoms with Crippen molar-refractivity contribution in [3.05, 3.63) is 29.6 Å². The topological polar surface area (TPSA) is 57.8 Å². The largest absolute Gasteiger partial charge is 0.356 e.